The summed E-state index contributed by atoms with van der Waals surface area (Å²) in [4.78, 5) is 27.9. The first kappa shape index (κ1) is 31.0. The number of carbonyl (C=O) groups is 1. The van der Waals surface area contributed by atoms with E-state index >= 15 is 8.78 Å². The first-order chi connectivity index (χ1) is 16.1. The monoisotopic (exact) mass is 567 g/mol. The molecule has 3 unspecified atom stereocenters. The van der Waals surface area contributed by atoms with Gasteiger partial charge in [-0.15, -0.1) is 11.6 Å². The molecule has 3 atom stereocenters. The highest BCUT2D eigenvalue weighted by molar-refractivity contribution is 6.74. The van der Waals surface area contributed by atoms with Crippen molar-refractivity contribution < 1.29 is 27.2 Å². The summed E-state index contributed by atoms with van der Waals surface area (Å²) in [5, 5.41) is 1.87. The van der Waals surface area contributed by atoms with Gasteiger partial charge in [-0.25, -0.2) is 4.79 Å². The fraction of sp³-hybridized carbons (Fsp3) is 0.783. The summed E-state index contributed by atoms with van der Waals surface area (Å²) >= 11 is 5.46. The number of halogens is 3. The Morgan fingerprint density at radius 3 is 2.19 bits per heavy atom. The molecular formula is C23H40ClF2N3O5Si2. The molecule has 36 heavy (non-hydrogen) atoms. The maximum atomic E-state index is 16.0. The van der Waals surface area contributed by atoms with Gasteiger partial charge in [0, 0.05) is 6.20 Å². The minimum Gasteiger partial charge on any atom is -0.414 e. The molecule has 13 heteroatoms. The Labute approximate surface area is 219 Å². The molecule has 1 amide bonds. The first-order valence-electron chi connectivity index (χ1n) is 11.9. The van der Waals surface area contributed by atoms with E-state index < -0.39 is 52.6 Å². The molecule has 1 aliphatic heterocycles. The number of nitrogens with one attached hydrogen (secondary N) is 1. The molecule has 0 aromatic carbocycles. The zero-order valence-corrected chi connectivity index (χ0v) is 25.6. The second kappa shape index (κ2) is 10.5. The molecule has 1 aliphatic rings. The van der Waals surface area contributed by atoms with Crippen LogP contribution in [0.5, 0.6) is 0 Å². The molecule has 2 heterocycles. The van der Waals surface area contributed by atoms with E-state index in [1.807, 2.05) is 47.0 Å². The number of ether oxygens (including phenoxy) is 1. The molecule has 1 fully saturated rings. The average Bonchev–Trinajstić information content (AvgIpc) is 2.94. The molecule has 206 valence electrons. The van der Waals surface area contributed by atoms with E-state index in [0.717, 1.165) is 10.8 Å². The van der Waals surface area contributed by atoms with Gasteiger partial charge in [0.2, 0.25) is 12.1 Å². The summed E-state index contributed by atoms with van der Waals surface area (Å²) in [7, 11) is -4.94. The molecule has 1 saturated heterocycles. The Morgan fingerprint density at radius 1 is 1.17 bits per heavy atom. The van der Waals surface area contributed by atoms with Crippen molar-refractivity contribution in [1.82, 2.24) is 9.55 Å². The van der Waals surface area contributed by atoms with Crippen molar-refractivity contribution in [3.05, 3.63) is 22.7 Å². The summed E-state index contributed by atoms with van der Waals surface area (Å²) in [5.74, 6) is -4.55. The zero-order chi connectivity index (χ0) is 27.9. The number of anilines is 1. The summed E-state index contributed by atoms with van der Waals surface area (Å²) in [6.07, 6.45) is -3.54. The van der Waals surface area contributed by atoms with Crippen LogP contribution in [0.4, 0.5) is 14.6 Å². The fourth-order valence-corrected chi connectivity index (χ4v) is 5.46. The lowest BCUT2D eigenvalue weighted by atomic mass is 10.1. The van der Waals surface area contributed by atoms with Crippen molar-refractivity contribution in [3.63, 3.8) is 0 Å². The SMILES string of the molecule is CC(C)(C)[Si](C)(C)OCC1OC(n2ccc(NC(=O)CCl)nc2=O)C(F)(F)C1O[Si](C)(C)C(C)(C)C. The third kappa shape index (κ3) is 6.62. The number of hydrogen-bond acceptors (Lipinski definition) is 6. The zero-order valence-electron chi connectivity index (χ0n) is 22.9. The second-order valence-electron chi connectivity index (χ2n) is 12.3. The number of aromatic nitrogens is 2. The van der Waals surface area contributed by atoms with Gasteiger partial charge in [-0.05, 0) is 42.3 Å². The molecule has 1 N–H and O–H groups in total. The lowest BCUT2D eigenvalue weighted by molar-refractivity contribution is -0.138. The van der Waals surface area contributed by atoms with Gasteiger partial charge in [-0.1, -0.05) is 41.5 Å². The predicted molar refractivity (Wildman–Crippen MR) is 142 cm³/mol. The van der Waals surface area contributed by atoms with E-state index in [-0.39, 0.29) is 28.4 Å². The van der Waals surface area contributed by atoms with E-state index in [2.05, 4.69) is 31.1 Å². The van der Waals surface area contributed by atoms with Crippen LogP contribution in [0.1, 0.15) is 47.8 Å². The van der Waals surface area contributed by atoms with Crippen LogP contribution in [0.2, 0.25) is 36.3 Å². The Bertz CT molecular complexity index is 1010. The van der Waals surface area contributed by atoms with Crippen LogP contribution in [-0.4, -0.2) is 62.7 Å². The summed E-state index contributed by atoms with van der Waals surface area (Å²) in [6, 6.07) is 1.24. The molecule has 0 spiro atoms. The van der Waals surface area contributed by atoms with E-state index in [4.69, 9.17) is 25.2 Å². The Balaban J connectivity index is 2.45. The molecule has 8 nitrogen and oxygen atoms in total. The third-order valence-corrected chi connectivity index (χ3v) is 16.7. The van der Waals surface area contributed by atoms with Gasteiger partial charge in [0.05, 0.1) is 6.61 Å². The number of carbonyl (C=O) groups excluding carboxylic acids is 1. The van der Waals surface area contributed by atoms with Crippen molar-refractivity contribution >= 4 is 40.0 Å². The van der Waals surface area contributed by atoms with Crippen molar-refractivity contribution in [1.29, 1.82) is 0 Å². The van der Waals surface area contributed by atoms with Crippen LogP contribution in [0.25, 0.3) is 0 Å². The smallest absolute Gasteiger partial charge is 0.351 e. The molecule has 0 aliphatic carbocycles. The predicted octanol–water partition coefficient (Wildman–Crippen LogP) is 5.37. The van der Waals surface area contributed by atoms with Gasteiger partial charge in [-0.3, -0.25) is 9.36 Å². The van der Waals surface area contributed by atoms with Crippen LogP contribution >= 0.6 is 11.6 Å². The van der Waals surface area contributed by atoms with Crippen molar-refractivity contribution in [2.75, 3.05) is 17.8 Å². The lowest BCUT2D eigenvalue weighted by Gasteiger charge is -2.41. The van der Waals surface area contributed by atoms with Gasteiger partial charge in [0.1, 0.15) is 23.9 Å². The second-order valence-corrected chi connectivity index (χ2v) is 22.1. The Morgan fingerprint density at radius 2 is 1.72 bits per heavy atom. The molecule has 2 rings (SSSR count). The fourth-order valence-electron chi connectivity index (χ4n) is 3.09. The number of alkyl halides is 3. The van der Waals surface area contributed by atoms with Gasteiger partial charge < -0.3 is 18.9 Å². The largest absolute Gasteiger partial charge is 0.414 e. The number of nitrogens with zero attached hydrogens (tertiary/aromatic N) is 2. The molecule has 0 radical (unpaired) electrons. The third-order valence-electron chi connectivity index (χ3n) is 7.46. The van der Waals surface area contributed by atoms with E-state index in [0.29, 0.717) is 0 Å². The van der Waals surface area contributed by atoms with Crippen molar-refractivity contribution in [3.8, 4) is 0 Å². The quantitative estimate of drug-likeness (QED) is 0.335. The molecular weight excluding hydrogens is 528 g/mol. The van der Waals surface area contributed by atoms with Crippen LogP contribution in [0.15, 0.2) is 17.1 Å². The van der Waals surface area contributed by atoms with Gasteiger partial charge in [0.25, 0.3) is 0 Å². The maximum absolute atomic E-state index is 16.0. The van der Waals surface area contributed by atoms with Crippen LogP contribution in [0, 0.1) is 0 Å². The van der Waals surface area contributed by atoms with Crippen LogP contribution < -0.4 is 11.0 Å². The summed E-state index contributed by atoms with van der Waals surface area (Å²) in [6.45, 7) is 19.8. The summed E-state index contributed by atoms with van der Waals surface area (Å²) < 4.78 is 51.0. The standard InChI is InChI=1S/C23H40ClF2N3O5Si2/c1-21(2,3)35(7,8)32-14-15-18(34-36(9,10)22(4,5)6)23(25,26)19(33-15)29-12-11-16(28-20(29)31)27-17(30)13-24/h11-12,15,18-19H,13-14H2,1-10H3,(H,27,28,30,31). The van der Waals surface area contributed by atoms with Crippen molar-refractivity contribution in [2.24, 2.45) is 0 Å². The van der Waals surface area contributed by atoms with Gasteiger partial charge in [0.15, 0.2) is 16.6 Å². The van der Waals surface area contributed by atoms with E-state index in [1.54, 1.807) is 0 Å². The Hall–Kier alpha value is -1.19. The number of rotatable bonds is 8. The maximum Gasteiger partial charge on any atom is 0.351 e. The molecule has 1 aromatic heterocycles. The first-order valence-corrected chi connectivity index (χ1v) is 18.3. The average molecular weight is 568 g/mol. The topological polar surface area (TPSA) is 91.7 Å². The lowest BCUT2D eigenvalue weighted by Crippen LogP contribution is -2.53. The molecule has 0 bridgehead atoms. The van der Waals surface area contributed by atoms with E-state index in [1.165, 1.54) is 6.07 Å². The normalized spacial score (nSPS) is 23.1. The van der Waals surface area contributed by atoms with Gasteiger partial charge >= 0.3 is 11.6 Å². The minimum atomic E-state index is -3.55. The number of hydrogen-bond donors (Lipinski definition) is 1. The molecule has 0 saturated carbocycles. The minimum absolute atomic E-state index is 0.0879. The van der Waals surface area contributed by atoms with Crippen LogP contribution in [-0.2, 0) is 18.4 Å². The van der Waals surface area contributed by atoms with E-state index in [9.17, 15) is 9.59 Å². The molecule has 1 aromatic rings. The van der Waals surface area contributed by atoms with Gasteiger partial charge in [-0.2, -0.15) is 13.8 Å². The summed E-state index contributed by atoms with van der Waals surface area (Å²) in [5.41, 5.74) is -0.996. The highest BCUT2D eigenvalue weighted by Crippen LogP contribution is 2.48. The van der Waals surface area contributed by atoms with Crippen molar-refractivity contribution in [2.45, 2.75) is 102 Å². The highest BCUT2D eigenvalue weighted by atomic mass is 35.5. The highest BCUT2D eigenvalue weighted by Gasteiger charge is 2.63. The Kier molecular flexibility index (Phi) is 9.07. The number of amides is 1. The van der Waals surface area contributed by atoms with Crippen LogP contribution in [0.3, 0.4) is 0 Å².